The quantitative estimate of drug-likeness (QED) is 0.390. The molecule has 12 heavy (non-hydrogen) atoms. The Bertz CT molecular complexity index is 76.2. The van der Waals surface area contributed by atoms with Crippen molar-refractivity contribution in [3.63, 3.8) is 0 Å². The maximum Gasteiger partial charge on any atom is 0.0748 e. The lowest BCUT2D eigenvalue weighted by atomic mass is 10.3. The molecule has 0 aromatic heterocycles. The van der Waals surface area contributed by atoms with Gasteiger partial charge < -0.3 is 5.32 Å². The van der Waals surface area contributed by atoms with E-state index in [1.165, 1.54) is 0 Å². The molecule has 0 aromatic rings. The fourth-order valence-electron chi connectivity index (χ4n) is 0.888. The zero-order valence-electron chi connectivity index (χ0n) is 8.36. The highest BCUT2D eigenvalue weighted by molar-refractivity contribution is 4.55. The van der Waals surface area contributed by atoms with Crippen molar-refractivity contribution >= 4 is 0 Å². The topological polar surface area (TPSA) is 60.1 Å². The maximum absolute atomic E-state index is 3.31. The van der Waals surface area contributed by atoms with Crippen molar-refractivity contribution in [1.29, 1.82) is 0 Å². The summed E-state index contributed by atoms with van der Waals surface area (Å²) in [5, 5.41) is 3.31. The molecule has 0 atom stereocenters. The molecule has 0 aliphatic carbocycles. The minimum absolute atomic E-state index is 0.625. The minimum Gasteiger partial charge on any atom is -0.312 e. The van der Waals surface area contributed by atoms with Gasteiger partial charge >= 0.3 is 0 Å². The molecule has 0 radical (unpaired) electrons. The van der Waals surface area contributed by atoms with Gasteiger partial charge in [0.2, 0.25) is 0 Å². The van der Waals surface area contributed by atoms with Crippen LogP contribution in [-0.4, -0.2) is 18.8 Å². The standard InChI is InChI=1S/C6H15N.CH6N4/c1-5(2)7-6(3)4;1-2-4-5-3-1/h5-7H,1-4H3;2-5H,1H2. The van der Waals surface area contributed by atoms with Crippen LogP contribution in [0.3, 0.4) is 0 Å². The highest BCUT2D eigenvalue weighted by atomic mass is 15.8. The van der Waals surface area contributed by atoms with Gasteiger partial charge in [-0.15, -0.1) is 0 Å². The van der Waals surface area contributed by atoms with Gasteiger partial charge in [-0.3, -0.25) is 0 Å². The van der Waals surface area contributed by atoms with Crippen LogP contribution in [0, 0.1) is 0 Å². The van der Waals surface area contributed by atoms with E-state index < -0.39 is 0 Å². The van der Waals surface area contributed by atoms with Gasteiger partial charge in [-0.2, -0.15) is 11.1 Å². The molecule has 0 unspecified atom stereocenters. The van der Waals surface area contributed by atoms with Crippen molar-refractivity contribution in [2.45, 2.75) is 39.8 Å². The van der Waals surface area contributed by atoms with Crippen LogP contribution in [0.5, 0.6) is 0 Å². The Morgan fingerprint density at radius 2 is 1.33 bits per heavy atom. The molecular formula is C7H21N5. The summed E-state index contributed by atoms with van der Waals surface area (Å²) in [6, 6.07) is 1.25. The number of hydrogen-bond acceptors (Lipinski definition) is 5. The van der Waals surface area contributed by atoms with E-state index in [1.807, 2.05) is 0 Å². The number of nitrogens with one attached hydrogen (secondary N) is 5. The van der Waals surface area contributed by atoms with Gasteiger partial charge in [-0.1, -0.05) is 27.7 Å². The van der Waals surface area contributed by atoms with Gasteiger partial charge in [0, 0.05) is 12.1 Å². The van der Waals surface area contributed by atoms with Crippen molar-refractivity contribution in [2.75, 3.05) is 6.67 Å². The predicted molar refractivity (Wildman–Crippen MR) is 50.8 cm³/mol. The van der Waals surface area contributed by atoms with Crippen molar-refractivity contribution < 1.29 is 0 Å². The summed E-state index contributed by atoms with van der Waals surface area (Å²) in [4.78, 5) is 0. The summed E-state index contributed by atoms with van der Waals surface area (Å²) < 4.78 is 0. The van der Waals surface area contributed by atoms with Crippen LogP contribution in [0.25, 0.3) is 0 Å². The molecule has 0 amide bonds. The van der Waals surface area contributed by atoms with Crippen molar-refractivity contribution in [1.82, 2.24) is 27.2 Å². The predicted octanol–water partition coefficient (Wildman–Crippen LogP) is -0.546. The normalized spacial score (nSPS) is 16.5. The molecule has 0 spiro atoms. The third kappa shape index (κ3) is 9.80. The average Bonchev–Trinajstić information content (AvgIpc) is 2.36. The Morgan fingerprint density at radius 3 is 1.42 bits per heavy atom. The first-order valence-electron chi connectivity index (χ1n) is 4.34. The van der Waals surface area contributed by atoms with Crippen molar-refractivity contribution in [3.05, 3.63) is 0 Å². The first kappa shape index (κ1) is 11.8. The van der Waals surface area contributed by atoms with E-state index in [2.05, 4.69) is 54.9 Å². The zero-order chi connectivity index (χ0) is 9.40. The van der Waals surface area contributed by atoms with Crippen LogP contribution in [0.2, 0.25) is 0 Å². The van der Waals surface area contributed by atoms with Crippen LogP contribution in [0.4, 0.5) is 0 Å². The first-order valence-corrected chi connectivity index (χ1v) is 4.34. The summed E-state index contributed by atoms with van der Waals surface area (Å²) in [6.07, 6.45) is 0. The van der Waals surface area contributed by atoms with Gasteiger partial charge in [-0.25, -0.2) is 10.9 Å². The molecule has 5 heteroatoms. The molecule has 5 N–H and O–H groups in total. The van der Waals surface area contributed by atoms with E-state index in [-0.39, 0.29) is 0 Å². The van der Waals surface area contributed by atoms with Crippen LogP contribution in [0.15, 0.2) is 0 Å². The fraction of sp³-hybridized carbons (Fsp3) is 1.00. The molecule has 0 saturated carbocycles. The highest BCUT2D eigenvalue weighted by Gasteiger charge is 1.92. The molecule has 0 bridgehead atoms. The van der Waals surface area contributed by atoms with Crippen LogP contribution >= 0.6 is 0 Å². The third-order valence-electron chi connectivity index (χ3n) is 1.08. The lowest BCUT2D eigenvalue weighted by Crippen LogP contribution is -2.33. The third-order valence-corrected chi connectivity index (χ3v) is 1.08. The first-order chi connectivity index (χ1) is 5.63. The molecule has 1 aliphatic heterocycles. The van der Waals surface area contributed by atoms with E-state index in [0.717, 1.165) is 6.67 Å². The molecule has 1 rings (SSSR count). The molecule has 1 saturated heterocycles. The molecule has 1 heterocycles. The largest absolute Gasteiger partial charge is 0.312 e. The monoisotopic (exact) mass is 175 g/mol. The summed E-state index contributed by atoms with van der Waals surface area (Å²) in [6.45, 7) is 9.39. The summed E-state index contributed by atoms with van der Waals surface area (Å²) >= 11 is 0. The summed E-state index contributed by atoms with van der Waals surface area (Å²) in [7, 11) is 0. The Kier molecular flexibility index (Phi) is 7.33. The fourth-order valence-corrected chi connectivity index (χ4v) is 0.888. The molecule has 5 nitrogen and oxygen atoms in total. The lowest BCUT2D eigenvalue weighted by Gasteiger charge is -2.10. The van der Waals surface area contributed by atoms with Gasteiger partial charge in [0.25, 0.3) is 0 Å². The van der Waals surface area contributed by atoms with Gasteiger partial charge in [0.05, 0.1) is 6.67 Å². The molecular weight excluding hydrogens is 154 g/mol. The van der Waals surface area contributed by atoms with Gasteiger partial charge in [0.1, 0.15) is 0 Å². The Labute approximate surface area is 74.6 Å². The van der Waals surface area contributed by atoms with Crippen LogP contribution < -0.4 is 27.2 Å². The second-order valence-electron chi connectivity index (χ2n) is 3.26. The van der Waals surface area contributed by atoms with E-state index in [4.69, 9.17) is 0 Å². The highest BCUT2D eigenvalue weighted by Crippen LogP contribution is 1.80. The Balaban J connectivity index is 0.000000211. The second kappa shape index (κ2) is 7.45. The van der Waals surface area contributed by atoms with E-state index >= 15 is 0 Å². The number of hydrazine groups is 3. The molecule has 1 aliphatic rings. The van der Waals surface area contributed by atoms with E-state index in [0.29, 0.717) is 12.1 Å². The number of hydrogen-bond donors (Lipinski definition) is 5. The Morgan fingerprint density at radius 1 is 0.917 bits per heavy atom. The van der Waals surface area contributed by atoms with Crippen molar-refractivity contribution in [2.24, 2.45) is 0 Å². The van der Waals surface area contributed by atoms with Crippen LogP contribution in [-0.2, 0) is 0 Å². The number of rotatable bonds is 2. The average molecular weight is 175 g/mol. The van der Waals surface area contributed by atoms with E-state index in [1.54, 1.807) is 0 Å². The second-order valence-corrected chi connectivity index (χ2v) is 3.26. The summed E-state index contributed by atoms with van der Waals surface area (Å²) in [5.41, 5.74) is 10.7. The van der Waals surface area contributed by atoms with Gasteiger partial charge in [-0.05, 0) is 0 Å². The molecule has 1 fully saturated rings. The lowest BCUT2D eigenvalue weighted by molar-refractivity contribution is 0.518. The van der Waals surface area contributed by atoms with Crippen molar-refractivity contribution in [3.8, 4) is 0 Å². The molecule has 74 valence electrons. The zero-order valence-corrected chi connectivity index (χ0v) is 8.36. The van der Waals surface area contributed by atoms with Crippen LogP contribution in [0.1, 0.15) is 27.7 Å². The van der Waals surface area contributed by atoms with Gasteiger partial charge in [0.15, 0.2) is 0 Å². The molecule has 0 aromatic carbocycles. The SMILES string of the molecule is C1NNNN1.CC(C)NC(C)C. The Hall–Kier alpha value is -0.200. The summed E-state index contributed by atoms with van der Waals surface area (Å²) in [5.74, 6) is 0. The minimum atomic E-state index is 0.625. The van der Waals surface area contributed by atoms with E-state index in [9.17, 15) is 0 Å². The maximum atomic E-state index is 3.31. The smallest absolute Gasteiger partial charge is 0.0748 e.